The van der Waals surface area contributed by atoms with E-state index in [2.05, 4.69) is 40.8 Å². The Bertz CT molecular complexity index is 1120. The summed E-state index contributed by atoms with van der Waals surface area (Å²) in [5.74, 6) is 2.04. The normalized spacial score (nSPS) is 16.6. The molecule has 0 spiro atoms. The molecule has 5 rings (SSSR count). The van der Waals surface area contributed by atoms with Gasteiger partial charge in [0, 0.05) is 37.6 Å². The zero-order valence-electron chi connectivity index (χ0n) is 18.2. The molecule has 1 unspecified atom stereocenters. The topological polar surface area (TPSA) is 108 Å². The zero-order chi connectivity index (χ0) is 22.8. The predicted octanol–water partition coefficient (Wildman–Crippen LogP) is 3.04. The minimum absolute atomic E-state index is 0.0356. The van der Waals surface area contributed by atoms with Crippen LogP contribution in [0.4, 0.5) is 27.8 Å². The average molecular weight is 449 g/mol. The largest absolute Gasteiger partial charge is 0.355 e. The summed E-state index contributed by atoms with van der Waals surface area (Å²) in [7, 11) is 0. The first-order chi connectivity index (χ1) is 16.0. The number of carbonyl (C=O) groups excluding carboxylic acids is 1. The molecule has 1 saturated heterocycles. The van der Waals surface area contributed by atoms with E-state index in [0.717, 1.165) is 18.4 Å². The molecule has 1 atom stereocenters. The van der Waals surface area contributed by atoms with E-state index in [1.54, 1.807) is 30.7 Å². The van der Waals surface area contributed by atoms with Crippen LogP contribution >= 0.6 is 0 Å². The van der Waals surface area contributed by atoms with Crippen molar-refractivity contribution in [2.45, 2.75) is 31.8 Å². The number of amides is 1. The third kappa shape index (κ3) is 5.16. The number of aromatic nitrogens is 4. The fraction of sp³-hybridized carbons (Fsp3) is 0.348. The van der Waals surface area contributed by atoms with Crippen LogP contribution in [0.1, 0.15) is 31.4 Å². The van der Waals surface area contributed by atoms with Gasteiger partial charge in [0.15, 0.2) is 0 Å². The van der Waals surface area contributed by atoms with Gasteiger partial charge in [-0.25, -0.2) is 9.37 Å². The Kier molecular flexibility index (Phi) is 5.72. The van der Waals surface area contributed by atoms with Crippen LogP contribution in [0, 0.1) is 11.7 Å². The molecular formula is C23H25FN8O. The fourth-order valence-corrected chi connectivity index (χ4v) is 3.63. The predicted molar refractivity (Wildman–Crippen MR) is 123 cm³/mol. The standard InChI is InChI=1S/C23H25FN8O/c1-14(15-2-4-17(24)5-3-15)27-23-30-19(29-20-11-25-8-9-26-20)10-21(31-23)32-12-16(13-32)22(33)28-18-6-7-18/h2-5,8-11,14,16,18H,6-7,12-13H2,1H3,(H,28,33)(H2,26,27,29,30,31). The Morgan fingerprint density at radius 3 is 2.61 bits per heavy atom. The average Bonchev–Trinajstić information content (AvgIpc) is 3.58. The van der Waals surface area contributed by atoms with Crippen molar-refractivity contribution in [3.05, 3.63) is 60.3 Å². The maximum absolute atomic E-state index is 13.3. The van der Waals surface area contributed by atoms with Crippen LogP contribution in [0.25, 0.3) is 0 Å². The summed E-state index contributed by atoms with van der Waals surface area (Å²) >= 11 is 0. The molecule has 1 aliphatic carbocycles. The minimum Gasteiger partial charge on any atom is -0.355 e. The lowest BCUT2D eigenvalue weighted by Crippen LogP contribution is -2.54. The molecule has 3 aromatic rings. The molecule has 2 aliphatic rings. The summed E-state index contributed by atoms with van der Waals surface area (Å²) in [4.78, 5) is 31.9. The molecule has 170 valence electrons. The van der Waals surface area contributed by atoms with E-state index in [1.165, 1.54) is 12.1 Å². The Labute approximate surface area is 190 Å². The molecule has 2 fully saturated rings. The molecule has 1 saturated carbocycles. The Hall–Kier alpha value is -3.82. The number of rotatable bonds is 8. The first-order valence-electron chi connectivity index (χ1n) is 11.0. The number of carbonyl (C=O) groups is 1. The summed E-state index contributed by atoms with van der Waals surface area (Å²) in [6, 6.07) is 8.37. The number of halogens is 1. The molecule has 10 heteroatoms. The molecule has 1 aliphatic heterocycles. The van der Waals surface area contributed by atoms with Crippen molar-refractivity contribution >= 4 is 29.3 Å². The molecule has 1 amide bonds. The van der Waals surface area contributed by atoms with Gasteiger partial charge in [0.05, 0.1) is 18.2 Å². The zero-order valence-corrected chi connectivity index (χ0v) is 18.2. The van der Waals surface area contributed by atoms with Crippen LogP contribution < -0.4 is 20.9 Å². The second-order valence-electron chi connectivity index (χ2n) is 8.45. The van der Waals surface area contributed by atoms with E-state index in [1.807, 2.05) is 13.0 Å². The molecular weight excluding hydrogens is 423 g/mol. The van der Waals surface area contributed by atoms with Gasteiger partial charge < -0.3 is 20.9 Å². The number of hydrogen-bond acceptors (Lipinski definition) is 8. The van der Waals surface area contributed by atoms with Gasteiger partial charge in [-0.05, 0) is 37.5 Å². The highest BCUT2D eigenvalue weighted by atomic mass is 19.1. The quantitative estimate of drug-likeness (QED) is 0.483. The lowest BCUT2D eigenvalue weighted by atomic mass is 9.99. The lowest BCUT2D eigenvalue weighted by molar-refractivity contribution is -0.125. The number of benzene rings is 1. The summed E-state index contributed by atoms with van der Waals surface area (Å²) in [5, 5.41) is 9.51. The molecule has 3 heterocycles. The Morgan fingerprint density at radius 2 is 1.91 bits per heavy atom. The third-order valence-electron chi connectivity index (χ3n) is 5.75. The highest BCUT2D eigenvalue weighted by Gasteiger charge is 2.36. The molecule has 0 radical (unpaired) electrons. The Balaban J connectivity index is 1.34. The van der Waals surface area contributed by atoms with Gasteiger partial charge in [-0.15, -0.1) is 0 Å². The van der Waals surface area contributed by atoms with Crippen molar-refractivity contribution in [1.29, 1.82) is 0 Å². The van der Waals surface area contributed by atoms with E-state index >= 15 is 0 Å². The summed E-state index contributed by atoms with van der Waals surface area (Å²) in [6.07, 6.45) is 6.96. The monoisotopic (exact) mass is 448 g/mol. The highest BCUT2D eigenvalue weighted by molar-refractivity contribution is 5.82. The van der Waals surface area contributed by atoms with Gasteiger partial charge in [-0.2, -0.15) is 9.97 Å². The Morgan fingerprint density at radius 1 is 1.12 bits per heavy atom. The second-order valence-corrected chi connectivity index (χ2v) is 8.45. The van der Waals surface area contributed by atoms with Crippen LogP contribution in [0.2, 0.25) is 0 Å². The van der Waals surface area contributed by atoms with E-state index in [-0.39, 0.29) is 23.7 Å². The van der Waals surface area contributed by atoms with Gasteiger partial charge in [-0.3, -0.25) is 9.78 Å². The van der Waals surface area contributed by atoms with Crippen molar-refractivity contribution in [2.75, 3.05) is 28.6 Å². The van der Waals surface area contributed by atoms with Gasteiger partial charge in [0.2, 0.25) is 11.9 Å². The number of nitrogens with zero attached hydrogens (tertiary/aromatic N) is 5. The number of anilines is 4. The fourth-order valence-electron chi connectivity index (χ4n) is 3.63. The van der Waals surface area contributed by atoms with Gasteiger partial charge in [0.1, 0.15) is 23.3 Å². The SMILES string of the molecule is CC(Nc1nc(Nc2cnccn2)cc(N2CC(C(=O)NC3CC3)C2)n1)c1ccc(F)cc1. The van der Waals surface area contributed by atoms with Crippen molar-refractivity contribution in [2.24, 2.45) is 5.92 Å². The van der Waals surface area contributed by atoms with Crippen molar-refractivity contribution in [3.63, 3.8) is 0 Å². The van der Waals surface area contributed by atoms with Crippen LogP contribution in [0.15, 0.2) is 48.9 Å². The van der Waals surface area contributed by atoms with Gasteiger partial charge in [-0.1, -0.05) is 12.1 Å². The van der Waals surface area contributed by atoms with Gasteiger partial charge in [0.25, 0.3) is 0 Å². The summed E-state index contributed by atoms with van der Waals surface area (Å²) < 4.78 is 13.3. The lowest BCUT2D eigenvalue weighted by Gasteiger charge is -2.39. The number of nitrogens with one attached hydrogen (secondary N) is 3. The van der Waals surface area contributed by atoms with E-state index in [9.17, 15) is 9.18 Å². The maximum atomic E-state index is 13.3. The molecule has 2 aromatic heterocycles. The van der Waals surface area contributed by atoms with Crippen molar-refractivity contribution in [3.8, 4) is 0 Å². The van der Waals surface area contributed by atoms with Crippen LogP contribution in [-0.4, -0.2) is 45.0 Å². The van der Waals surface area contributed by atoms with E-state index < -0.39 is 0 Å². The van der Waals surface area contributed by atoms with Crippen LogP contribution in [-0.2, 0) is 4.79 Å². The first-order valence-corrected chi connectivity index (χ1v) is 11.0. The molecule has 0 bridgehead atoms. The number of hydrogen-bond donors (Lipinski definition) is 3. The second kappa shape index (κ2) is 8.97. The molecule has 9 nitrogen and oxygen atoms in total. The van der Waals surface area contributed by atoms with Crippen molar-refractivity contribution < 1.29 is 9.18 Å². The van der Waals surface area contributed by atoms with E-state index in [0.29, 0.717) is 42.5 Å². The minimum atomic E-state index is -0.280. The van der Waals surface area contributed by atoms with Gasteiger partial charge >= 0.3 is 0 Å². The van der Waals surface area contributed by atoms with Crippen molar-refractivity contribution in [1.82, 2.24) is 25.3 Å². The van der Waals surface area contributed by atoms with E-state index in [4.69, 9.17) is 0 Å². The maximum Gasteiger partial charge on any atom is 0.227 e. The highest BCUT2D eigenvalue weighted by Crippen LogP contribution is 2.29. The van der Waals surface area contributed by atoms with Crippen LogP contribution in [0.5, 0.6) is 0 Å². The molecule has 3 N–H and O–H groups in total. The third-order valence-corrected chi connectivity index (χ3v) is 5.75. The first kappa shape index (κ1) is 21.0. The summed E-state index contributed by atoms with van der Waals surface area (Å²) in [5.41, 5.74) is 0.912. The van der Waals surface area contributed by atoms with Crippen LogP contribution in [0.3, 0.4) is 0 Å². The molecule has 33 heavy (non-hydrogen) atoms. The smallest absolute Gasteiger partial charge is 0.227 e. The summed E-state index contributed by atoms with van der Waals surface area (Å²) in [6.45, 7) is 3.17. The molecule has 1 aromatic carbocycles.